The van der Waals surface area contributed by atoms with Gasteiger partial charge in [-0.05, 0) is 89.9 Å². The van der Waals surface area contributed by atoms with Crippen molar-refractivity contribution in [2.75, 3.05) is 0 Å². The molecule has 142 heavy (non-hydrogen) atoms. The van der Waals surface area contributed by atoms with E-state index in [4.69, 9.17) is 0 Å². The molecule has 0 aromatic carbocycles. The Kier molecular flexibility index (Phi) is 173. The molecule has 0 aromatic heterocycles. The van der Waals surface area contributed by atoms with Gasteiger partial charge in [0.2, 0.25) is 0 Å². The van der Waals surface area contributed by atoms with Crippen molar-refractivity contribution in [1.82, 2.24) is 0 Å². The first-order chi connectivity index (χ1) is 68.4. The number of carbonyl (C=O) groups is 7. The van der Waals surface area contributed by atoms with Crippen LogP contribution in [0.4, 0.5) is 0 Å². The van der Waals surface area contributed by atoms with E-state index in [-0.39, 0.29) is 128 Å². The second-order valence-corrected chi connectivity index (χ2v) is 42.5. The fourth-order valence-corrected chi connectivity index (χ4v) is 18.5. The first-order valence-corrected chi connectivity index (χ1v) is 62.8. The fraction of sp³-hybridized carbons (Fsp3) is 0.944. The van der Waals surface area contributed by atoms with E-state index in [0.29, 0.717) is 0 Å². The third kappa shape index (κ3) is 190. The van der Waals surface area contributed by atoms with Gasteiger partial charge >= 0.3 is 83.5 Å². The molecule has 0 amide bonds. The van der Waals surface area contributed by atoms with Crippen molar-refractivity contribution in [1.29, 1.82) is 0 Å². The van der Waals surface area contributed by atoms with Crippen LogP contribution in [0.15, 0.2) is 0 Å². The normalized spacial score (nSPS) is 10.7. The molecule has 841 valence electrons. The average Bonchev–Trinajstić information content (AvgIpc) is 1.11. The molecule has 0 aliphatic heterocycles. The molecule has 0 saturated heterocycles. The van der Waals surface area contributed by atoms with Crippen LogP contribution in [0.5, 0.6) is 0 Å². The second kappa shape index (κ2) is 155. The molecule has 0 rings (SSSR count). The molecule has 0 aliphatic carbocycles. The van der Waals surface area contributed by atoms with Gasteiger partial charge in [0.1, 0.15) is 0 Å². The van der Waals surface area contributed by atoms with Crippen LogP contribution in [-0.4, -0.2) is 41.8 Å². The first kappa shape index (κ1) is 159. The molecule has 0 unspecified atom stereocenters. The molecule has 14 nitrogen and oxygen atoms in total. The monoisotopic (exact) mass is 2260 g/mol. The topological polar surface area (TPSA) is 281 Å². The van der Waals surface area contributed by atoms with Crippen LogP contribution in [0, 0.1) is 83.5 Å². The van der Waals surface area contributed by atoms with Gasteiger partial charge in [0, 0.05) is 41.8 Å². The minimum Gasteiger partial charge on any atom is -0.550 e. The predicted octanol–water partition coefficient (Wildman–Crippen LogP) is 35.0. The Morgan fingerprint density at radius 2 is 0.141 bits per heavy atom. The molecular formula is C126H245Ce2O14. The Balaban J connectivity index is -0.000000207. The smallest absolute Gasteiger partial charge is 0.550 e. The summed E-state index contributed by atoms with van der Waals surface area (Å²) in [6.07, 6.45) is 139. The molecule has 0 aromatic rings. The van der Waals surface area contributed by atoms with Gasteiger partial charge in [-0.25, -0.2) is 0 Å². The third-order valence-electron chi connectivity index (χ3n) is 27.9. The van der Waals surface area contributed by atoms with Crippen molar-refractivity contribution in [3.05, 3.63) is 0 Å². The van der Waals surface area contributed by atoms with Gasteiger partial charge in [-0.1, -0.05) is 678 Å². The van der Waals surface area contributed by atoms with Crippen LogP contribution >= 0.6 is 0 Å². The third-order valence-corrected chi connectivity index (χ3v) is 27.9. The van der Waals surface area contributed by atoms with Crippen molar-refractivity contribution in [2.24, 2.45) is 0 Å². The molecule has 0 N–H and O–H groups in total. The molecule has 1 radical (unpaired) electrons. The van der Waals surface area contributed by atoms with E-state index in [9.17, 15) is 69.3 Å². The van der Waals surface area contributed by atoms with Crippen molar-refractivity contribution in [2.45, 2.75) is 768 Å². The van der Waals surface area contributed by atoms with Gasteiger partial charge in [-0.3, -0.25) is 0 Å². The maximum atomic E-state index is 10.2. The summed E-state index contributed by atoms with van der Waals surface area (Å²) in [6, 6.07) is 0. The molecule has 0 spiro atoms. The van der Waals surface area contributed by atoms with E-state index in [2.05, 4.69) is 48.5 Å². The summed E-state index contributed by atoms with van der Waals surface area (Å²) in [4.78, 5) is 71.6. The zero-order valence-corrected chi connectivity index (χ0v) is 103. The summed E-state index contributed by atoms with van der Waals surface area (Å²) in [5.74, 6) is -6.32. The van der Waals surface area contributed by atoms with Crippen LogP contribution in [0.3, 0.4) is 0 Å². The van der Waals surface area contributed by atoms with Gasteiger partial charge in [0.25, 0.3) is 0 Å². The van der Waals surface area contributed by atoms with Gasteiger partial charge in [-0.2, -0.15) is 0 Å². The number of hydrogen-bond donors (Lipinski definition) is 0. The largest absolute Gasteiger partial charge is 4.00 e. The van der Waals surface area contributed by atoms with E-state index in [1.54, 1.807) is 0 Å². The number of aliphatic carboxylic acids is 7. The standard InChI is InChI=1S/7C18H36O2.2Ce/c7*1-2-3-4-5-6-7-8-9-10-11-12-13-14-15-16-17-18(19)20;;/h7*2-17H2,1H3,(H,19,20);;/q;;;;;;;+3;+4/p-7. The summed E-state index contributed by atoms with van der Waals surface area (Å²) in [5, 5.41) is 71.6. The van der Waals surface area contributed by atoms with Gasteiger partial charge in [-0.15, -0.1) is 0 Å². The van der Waals surface area contributed by atoms with E-state index >= 15 is 0 Å². The van der Waals surface area contributed by atoms with Gasteiger partial charge in [0.05, 0.1) is 0 Å². The summed E-state index contributed by atoms with van der Waals surface area (Å²) in [6.45, 7) is 15.9. The van der Waals surface area contributed by atoms with Crippen LogP contribution in [0.25, 0.3) is 0 Å². The molecule has 16 heteroatoms. The van der Waals surface area contributed by atoms with Gasteiger partial charge < -0.3 is 69.3 Å². The summed E-state index contributed by atoms with van der Waals surface area (Å²) < 4.78 is 0. The number of carboxylic acids is 7. The zero-order chi connectivity index (χ0) is 104. The van der Waals surface area contributed by atoms with E-state index < -0.39 is 41.8 Å². The summed E-state index contributed by atoms with van der Waals surface area (Å²) in [7, 11) is 0. The van der Waals surface area contributed by atoms with E-state index in [1.165, 1.54) is 584 Å². The predicted molar refractivity (Wildman–Crippen MR) is 592 cm³/mol. The minimum atomic E-state index is -0.903. The molecule has 0 aliphatic rings. The van der Waals surface area contributed by atoms with Gasteiger partial charge in [0.15, 0.2) is 0 Å². The minimum absolute atomic E-state index is 0. The van der Waals surface area contributed by atoms with Crippen molar-refractivity contribution < 1.29 is 153 Å². The number of unbranched alkanes of at least 4 members (excludes halogenated alkanes) is 98. The number of carbonyl (C=O) groups excluding carboxylic acids is 7. The molecule has 0 bridgehead atoms. The van der Waals surface area contributed by atoms with Crippen molar-refractivity contribution in [3.8, 4) is 0 Å². The number of carboxylic acid groups (broad SMARTS) is 7. The molecular weight excluding hydrogens is 2020 g/mol. The van der Waals surface area contributed by atoms with Crippen LogP contribution in [0.2, 0.25) is 0 Å². The number of rotatable bonds is 112. The number of hydrogen-bond acceptors (Lipinski definition) is 14. The fourth-order valence-electron chi connectivity index (χ4n) is 18.5. The van der Waals surface area contributed by atoms with Crippen LogP contribution in [0.1, 0.15) is 768 Å². The molecule has 0 atom stereocenters. The van der Waals surface area contributed by atoms with Crippen LogP contribution < -0.4 is 35.7 Å². The van der Waals surface area contributed by atoms with E-state index in [1.807, 2.05) is 0 Å². The first-order valence-electron chi connectivity index (χ1n) is 62.8. The Labute approximate surface area is 953 Å². The Hall–Kier alpha value is -0.957. The maximum absolute atomic E-state index is 10.2. The summed E-state index contributed by atoms with van der Waals surface area (Å²) >= 11 is 0. The molecule has 0 heterocycles. The Morgan fingerprint density at radius 1 is 0.0986 bits per heavy atom. The quantitative estimate of drug-likeness (QED) is 0.0512. The second-order valence-electron chi connectivity index (χ2n) is 42.5. The van der Waals surface area contributed by atoms with Crippen LogP contribution in [-0.2, 0) is 33.6 Å². The Morgan fingerprint density at radius 3 is 0.183 bits per heavy atom. The Bertz CT molecular complexity index is 1860. The molecule has 0 saturated carbocycles. The van der Waals surface area contributed by atoms with Crippen molar-refractivity contribution >= 4 is 41.8 Å². The summed E-state index contributed by atoms with van der Waals surface area (Å²) in [5.41, 5.74) is 0. The van der Waals surface area contributed by atoms with Crippen molar-refractivity contribution in [3.63, 3.8) is 0 Å². The zero-order valence-electron chi connectivity index (χ0n) is 96.4. The molecule has 0 fully saturated rings. The van der Waals surface area contributed by atoms with E-state index in [0.717, 1.165) is 89.9 Å². The SMILES string of the molecule is CCCCCCCCCCCCCCCCCC(=O)[O-].CCCCCCCCCCCCCCCCCC(=O)[O-].CCCCCCCCCCCCCCCCCC(=O)[O-].CCCCCCCCCCCCCCCCCC(=O)[O-].CCCCCCCCCCCCCCCCCC(=O)[O-].CCCCCCCCCCCCCCCCCC(=O)[O-].CCCCCCCCCCCCCCCCCC(=O)[O-].[Ce+3].[Ce+4]. The average molecular weight is 2260 g/mol. The maximum Gasteiger partial charge on any atom is 4.00 e.